The quantitative estimate of drug-likeness (QED) is 0.894. The molecule has 0 spiro atoms. The van der Waals surface area contributed by atoms with E-state index in [1.54, 1.807) is 0 Å². The van der Waals surface area contributed by atoms with Crippen LogP contribution in [0.25, 0.3) is 0 Å². The molecule has 20 heavy (non-hydrogen) atoms. The Hall–Kier alpha value is -1.94. The van der Waals surface area contributed by atoms with Gasteiger partial charge >= 0.3 is 0 Å². The van der Waals surface area contributed by atoms with Crippen molar-refractivity contribution in [2.45, 2.75) is 32.6 Å². The predicted molar refractivity (Wildman–Crippen MR) is 79.0 cm³/mol. The minimum absolute atomic E-state index is 0.0486. The van der Waals surface area contributed by atoms with E-state index in [4.69, 9.17) is 5.11 Å². The Morgan fingerprint density at radius 2 is 1.90 bits per heavy atom. The number of hydrogen-bond acceptors (Lipinski definition) is 3. The number of rotatable bonds is 4. The van der Waals surface area contributed by atoms with Gasteiger partial charge < -0.3 is 10.1 Å². The number of nitrogens with one attached hydrogen (secondary N) is 1. The molecule has 2 N–H and O–H groups in total. The van der Waals surface area contributed by atoms with Gasteiger partial charge in [-0.1, -0.05) is 30.3 Å². The van der Waals surface area contributed by atoms with Crippen LogP contribution in [0.15, 0.2) is 35.1 Å². The third kappa shape index (κ3) is 2.65. The lowest BCUT2D eigenvalue weighted by Gasteiger charge is -2.24. The van der Waals surface area contributed by atoms with Crippen LogP contribution in [0, 0.1) is 6.92 Å². The monoisotopic (exact) mass is 272 g/mol. The van der Waals surface area contributed by atoms with Gasteiger partial charge in [0.15, 0.2) is 0 Å². The van der Waals surface area contributed by atoms with Gasteiger partial charge in [-0.3, -0.25) is 4.79 Å². The molecule has 0 aliphatic heterocycles. The molecular weight excluding hydrogens is 252 g/mol. The Bertz CT molecular complexity index is 645. The summed E-state index contributed by atoms with van der Waals surface area (Å²) in [4.78, 5) is 19.5. The normalized spacial score (nSPS) is 11.6. The number of aromatic nitrogens is 2. The summed E-state index contributed by atoms with van der Waals surface area (Å²) in [5, 5.41) is 9.00. The fourth-order valence-corrected chi connectivity index (χ4v) is 2.30. The maximum atomic E-state index is 12.1. The molecule has 0 amide bonds. The highest BCUT2D eigenvalue weighted by atomic mass is 16.3. The number of aryl methyl sites for hydroxylation is 1. The second-order valence-corrected chi connectivity index (χ2v) is 5.44. The van der Waals surface area contributed by atoms with E-state index >= 15 is 0 Å². The van der Waals surface area contributed by atoms with Crippen molar-refractivity contribution >= 4 is 0 Å². The Labute approximate surface area is 118 Å². The van der Waals surface area contributed by atoms with Crippen molar-refractivity contribution in [2.75, 3.05) is 6.61 Å². The number of nitrogens with zero attached hydrogens (tertiary/aromatic N) is 1. The molecule has 2 rings (SSSR count). The Morgan fingerprint density at radius 1 is 1.25 bits per heavy atom. The average Bonchev–Trinajstić information content (AvgIpc) is 2.43. The Morgan fingerprint density at radius 3 is 2.45 bits per heavy atom. The highest BCUT2D eigenvalue weighted by molar-refractivity contribution is 5.32. The number of H-pyrrole nitrogens is 1. The summed E-state index contributed by atoms with van der Waals surface area (Å²) in [5.74, 6) is 0.646. The largest absolute Gasteiger partial charge is 0.396 e. The molecular formula is C16H20N2O2. The minimum atomic E-state index is -0.372. The second-order valence-electron chi connectivity index (χ2n) is 5.44. The first-order valence-electron chi connectivity index (χ1n) is 6.73. The molecule has 1 heterocycles. The zero-order valence-corrected chi connectivity index (χ0v) is 12.1. The van der Waals surface area contributed by atoms with Crippen LogP contribution in [0.5, 0.6) is 0 Å². The first kappa shape index (κ1) is 14.5. The molecule has 0 aliphatic rings. The number of aliphatic hydroxyl groups is 1. The van der Waals surface area contributed by atoms with Gasteiger partial charge in [-0.15, -0.1) is 0 Å². The van der Waals surface area contributed by atoms with Crippen molar-refractivity contribution in [3.05, 3.63) is 63.3 Å². The standard InChI is InChI=1S/C16H20N2O2/c1-11-13(9-10-19)14(20)18-15(17-11)16(2,3)12-7-5-4-6-8-12/h4-8,19H,9-10H2,1-3H3,(H,17,18,20). The molecule has 0 unspecified atom stereocenters. The predicted octanol–water partition coefficient (Wildman–Crippen LogP) is 1.94. The molecule has 0 atom stereocenters. The molecule has 4 heteroatoms. The second kappa shape index (κ2) is 5.59. The van der Waals surface area contributed by atoms with Gasteiger partial charge in [0, 0.05) is 29.7 Å². The summed E-state index contributed by atoms with van der Waals surface area (Å²) in [6, 6.07) is 9.96. The molecule has 0 fully saturated rings. The number of benzene rings is 1. The minimum Gasteiger partial charge on any atom is -0.396 e. The molecule has 0 radical (unpaired) electrons. The number of hydrogen-bond donors (Lipinski definition) is 2. The van der Waals surface area contributed by atoms with Gasteiger partial charge in [-0.2, -0.15) is 0 Å². The highest BCUT2D eigenvalue weighted by Gasteiger charge is 2.26. The van der Waals surface area contributed by atoms with Gasteiger partial charge in [-0.25, -0.2) is 4.98 Å². The first-order valence-corrected chi connectivity index (χ1v) is 6.73. The molecule has 0 bridgehead atoms. The average molecular weight is 272 g/mol. The molecule has 106 valence electrons. The van der Waals surface area contributed by atoms with Crippen LogP contribution in [-0.4, -0.2) is 21.7 Å². The summed E-state index contributed by atoms with van der Waals surface area (Å²) < 4.78 is 0. The third-order valence-corrected chi connectivity index (χ3v) is 3.67. The molecule has 0 saturated heterocycles. The van der Waals surface area contributed by atoms with E-state index in [2.05, 4.69) is 9.97 Å². The van der Waals surface area contributed by atoms with Crippen LogP contribution in [-0.2, 0) is 11.8 Å². The van der Waals surface area contributed by atoms with Crippen LogP contribution in [0.2, 0.25) is 0 Å². The van der Waals surface area contributed by atoms with E-state index in [0.29, 0.717) is 23.5 Å². The van der Waals surface area contributed by atoms with E-state index in [9.17, 15) is 4.79 Å². The van der Waals surface area contributed by atoms with Crippen molar-refractivity contribution in [1.29, 1.82) is 0 Å². The SMILES string of the molecule is Cc1nc(C(C)(C)c2ccccc2)[nH]c(=O)c1CCO. The van der Waals surface area contributed by atoms with Gasteiger partial charge in [0.05, 0.1) is 0 Å². The van der Waals surface area contributed by atoms with E-state index in [1.165, 1.54) is 0 Å². The lowest BCUT2D eigenvalue weighted by atomic mass is 9.83. The highest BCUT2D eigenvalue weighted by Crippen LogP contribution is 2.28. The lowest BCUT2D eigenvalue weighted by Crippen LogP contribution is -2.29. The van der Waals surface area contributed by atoms with Crippen LogP contribution in [0.1, 0.15) is 36.5 Å². The zero-order chi connectivity index (χ0) is 14.8. The molecule has 0 aliphatic carbocycles. The van der Waals surface area contributed by atoms with Gasteiger partial charge in [0.2, 0.25) is 0 Å². The summed E-state index contributed by atoms with van der Waals surface area (Å²) >= 11 is 0. The molecule has 0 saturated carbocycles. The first-order chi connectivity index (χ1) is 9.46. The van der Waals surface area contributed by atoms with Gasteiger partial charge in [0.25, 0.3) is 5.56 Å². The number of aliphatic hydroxyl groups excluding tert-OH is 1. The third-order valence-electron chi connectivity index (χ3n) is 3.67. The topological polar surface area (TPSA) is 66.0 Å². The van der Waals surface area contributed by atoms with Crippen molar-refractivity contribution < 1.29 is 5.11 Å². The summed E-state index contributed by atoms with van der Waals surface area (Å²) in [6.07, 6.45) is 0.334. The van der Waals surface area contributed by atoms with Crippen molar-refractivity contribution in [1.82, 2.24) is 9.97 Å². The van der Waals surface area contributed by atoms with E-state index in [0.717, 1.165) is 5.56 Å². The Kier molecular flexibility index (Phi) is 4.04. The molecule has 1 aromatic carbocycles. The van der Waals surface area contributed by atoms with Crippen LogP contribution >= 0.6 is 0 Å². The molecule has 2 aromatic rings. The van der Waals surface area contributed by atoms with Crippen LogP contribution in [0.3, 0.4) is 0 Å². The lowest BCUT2D eigenvalue weighted by molar-refractivity contribution is 0.298. The molecule has 1 aromatic heterocycles. The van der Waals surface area contributed by atoms with Crippen LogP contribution < -0.4 is 5.56 Å². The van der Waals surface area contributed by atoms with Crippen molar-refractivity contribution in [3.63, 3.8) is 0 Å². The van der Waals surface area contributed by atoms with E-state index in [-0.39, 0.29) is 17.6 Å². The van der Waals surface area contributed by atoms with Crippen molar-refractivity contribution in [3.8, 4) is 0 Å². The maximum absolute atomic E-state index is 12.1. The van der Waals surface area contributed by atoms with Crippen molar-refractivity contribution in [2.24, 2.45) is 0 Å². The smallest absolute Gasteiger partial charge is 0.254 e. The van der Waals surface area contributed by atoms with Gasteiger partial charge in [-0.05, 0) is 26.3 Å². The fourth-order valence-electron chi connectivity index (χ4n) is 2.30. The number of aromatic amines is 1. The fraction of sp³-hybridized carbons (Fsp3) is 0.375. The zero-order valence-electron chi connectivity index (χ0n) is 12.1. The summed E-state index contributed by atoms with van der Waals surface area (Å²) in [7, 11) is 0. The summed E-state index contributed by atoms with van der Waals surface area (Å²) in [5.41, 5.74) is 1.80. The van der Waals surface area contributed by atoms with Gasteiger partial charge in [0.1, 0.15) is 5.82 Å². The van der Waals surface area contributed by atoms with E-state index < -0.39 is 0 Å². The van der Waals surface area contributed by atoms with E-state index in [1.807, 2.05) is 51.1 Å². The summed E-state index contributed by atoms with van der Waals surface area (Å²) in [6.45, 7) is 5.83. The maximum Gasteiger partial charge on any atom is 0.254 e. The van der Waals surface area contributed by atoms with Crippen LogP contribution in [0.4, 0.5) is 0 Å². The Balaban J connectivity index is 2.51. The molecule has 4 nitrogen and oxygen atoms in total.